The Bertz CT molecular complexity index is 1610. The molecule has 0 radical (unpaired) electrons. The number of carbonyl (C=O) groups is 1. The number of anilines is 1. The summed E-state index contributed by atoms with van der Waals surface area (Å²) in [6.45, 7) is -0.509. The Labute approximate surface area is 234 Å². The smallest absolute Gasteiger partial charge is 0.406 e. The summed E-state index contributed by atoms with van der Waals surface area (Å²) in [6, 6.07) is 6.40. The van der Waals surface area contributed by atoms with Gasteiger partial charge >= 0.3 is 6.18 Å². The van der Waals surface area contributed by atoms with Gasteiger partial charge in [-0.05, 0) is 37.7 Å². The fourth-order valence-corrected chi connectivity index (χ4v) is 5.16. The molecule has 2 atom stereocenters. The maximum atomic E-state index is 14.6. The average Bonchev–Trinajstić information content (AvgIpc) is 3.28. The van der Waals surface area contributed by atoms with Gasteiger partial charge in [0.25, 0.3) is 5.91 Å². The number of carbonyl (C=O) groups excluding carboxylic acids is 1. The van der Waals surface area contributed by atoms with Crippen LogP contribution in [0.25, 0.3) is 11.0 Å². The highest BCUT2D eigenvalue weighted by atomic mass is 32.2. The molecule has 0 unspecified atom stereocenters. The summed E-state index contributed by atoms with van der Waals surface area (Å²) in [5.74, 6) is 5.32. The number of sulfone groups is 1. The number of piperidine rings is 1. The molecule has 1 amide bonds. The van der Waals surface area contributed by atoms with Gasteiger partial charge in [0.2, 0.25) is 0 Å². The van der Waals surface area contributed by atoms with Gasteiger partial charge in [-0.15, -0.1) is 0 Å². The largest absolute Gasteiger partial charge is 0.495 e. The summed E-state index contributed by atoms with van der Waals surface area (Å²) < 4.78 is 83.9. The van der Waals surface area contributed by atoms with Crippen molar-refractivity contribution in [2.45, 2.75) is 36.3 Å². The van der Waals surface area contributed by atoms with Crippen LogP contribution in [0.1, 0.15) is 22.3 Å². The Hall–Kier alpha value is -3.83. The number of fused-ring (bicyclic) bond motifs is 1. The molecule has 14 heteroatoms. The van der Waals surface area contributed by atoms with Gasteiger partial charge in [-0.25, -0.2) is 17.8 Å². The van der Waals surface area contributed by atoms with Crippen LogP contribution >= 0.6 is 0 Å². The van der Waals surface area contributed by atoms with E-state index in [4.69, 9.17) is 4.74 Å². The maximum absolute atomic E-state index is 14.6. The van der Waals surface area contributed by atoms with E-state index < -0.39 is 40.7 Å². The van der Waals surface area contributed by atoms with Crippen molar-refractivity contribution in [2.24, 2.45) is 0 Å². The lowest BCUT2D eigenvalue weighted by Crippen LogP contribution is -2.51. The molecular formula is C27H29F4N5O4S. The number of methoxy groups -OCH3 is 1. The van der Waals surface area contributed by atoms with Gasteiger partial charge in [0.15, 0.2) is 9.84 Å². The van der Waals surface area contributed by atoms with Gasteiger partial charge in [-0.3, -0.25) is 4.79 Å². The second kappa shape index (κ2) is 12.0. The molecule has 2 N–H and O–H groups in total. The van der Waals surface area contributed by atoms with Gasteiger partial charge in [0.05, 0.1) is 47.7 Å². The lowest BCUT2D eigenvalue weighted by molar-refractivity contribution is -0.139. The molecule has 1 saturated heterocycles. The number of benzene rings is 2. The van der Waals surface area contributed by atoms with Crippen LogP contribution in [-0.4, -0.2) is 87.2 Å². The molecule has 0 saturated carbocycles. The lowest BCUT2D eigenvalue weighted by atomic mass is 10.0. The van der Waals surface area contributed by atoms with E-state index in [2.05, 4.69) is 27.5 Å². The third-order valence-corrected chi connectivity index (χ3v) is 7.69. The second-order valence-corrected chi connectivity index (χ2v) is 11.8. The Morgan fingerprint density at radius 1 is 1.24 bits per heavy atom. The highest BCUT2D eigenvalue weighted by Gasteiger charge is 2.31. The Morgan fingerprint density at radius 2 is 2.00 bits per heavy atom. The number of halogens is 4. The van der Waals surface area contributed by atoms with Crippen LogP contribution in [0.2, 0.25) is 0 Å². The molecule has 2 heterocycles. The van der Waals surface area contributed by atoms with Crippen LogP contribution in [-0.2, 0) is 16.4 Å². The normalized spacial score (nSPS) is 18.0. The van der Waals surface area contributed by atoms with E-state index in [1.54, 1.807) is 7.05 Å². The zero-order chi connectivity index (χ0) is 29.9. The molecule has 2 aromatic carbocycles. The zero-order valence-electron chi connectivity index (χ0n) is 22.5. The van der Waals surface area contributed by atoms with Crippen molar-refractivity contribution in [2.75, 3.05) is 45.4 Å². The number of rotatable bonds is 7. The molecule has 41 heavy (non-hydrogen) atoms. The van der Waals surface area contributed by atoms with E-state index in [0.717, 1.165) is 17.2 Å². The minimum atomic E-state index is -4.52. The Balaban J connectivity index is 1.61. The van der Waals surface area contributed by atoms with Crippen LogP contribution in [0, 0.1) is 11.8 Å². The monoisotopic (exact) mass is 595 g/mol. The minimum Gasteiger partial charge on any atom is -0.495 e. The molecule has 1 aliphatic heterocycles. The third-order valence-electron chi connectivity index (χ3n) is 6.58. The molecule has 220 valence electrons. The van der Waals surface area contributed by atoms with E-state index in [-0.39, 0.29) is 45.9 Å². The van der Waals surface area contributed by atoms with Crippen molar-refractivity contribution in [3.63, 3.8) is 0 Å². The van der Waals surface area contributed by atoms with E-state index in [9.17, 15) is 30.8 Å². The Kier molecular flexibility index (Phi) is 8.79. The topological polar surface area (TPSA) is 106 Å². The number of hydrogen-bond acceptors (Lipinski definition) is 7. The van der Waals surface area contributed by atoms with Crippen molar-refractivity contribution >= 4 is 32.5 Å². The molecule has 0 aliphatic carbocycles. The number of aromatic nitrogens is 2. The van der Waals surface area contributed by atoms with Crippen LogP contribution in [0.3, 0.4) is 0 Å². The standard InChI is InChI=1S/C27H29F4N5O4S/c1-35-10-8-21(20(28)14-35)34-26(37)19-11-17(12-23-25(19)33-16-36(23)15-27(29,30)31)5-4-9-32-22-7-6-18(41(3,38)39)13-24(22)40-2/h6-7,11-13,16,20-21,32H,8-10,14-15H2,1-3H3,(H,34,37)/t20-,21-/m1/s1. The molecule has 0 bridgehead atoms. The van der Waals surface area contributed by atoms with Gasteiger partial charge in [0, 0.05) is 31.0 Å². The first-order valence-corrected chi connectivity index (χ1v) is 14.4. The molecule has 1 aromatic heterocycles. The first-order chi connectivity index (χ1) is 19.2. The van der Waals surface area contributed by atoms with Crippen molar-refractivity contribution < 1.29 is 35.5 Å². The number of ether oxygens (including phenoxy) is 1. The highest BCUT2D eigenvalue weighted by molar-refractivity contribution is 7.90. The number of alkyl halides is 4. The maximum Gasteiger partial charge on any atom is 0.406 e. The van der Waals surface area contributed by atoms with E-state index in [1.807, 2.05) is 4.90 Å². The molecule has 4 rings (SSSR count). The fourth-order valence-electron chi connectivity index (χ4n) is 4.53. The highest BCUT2D eigenvalue weighted by Crippen LogP contribution is 2.28. The van der Waals surface area contributed by atoms with Gasteiger partial charge in [-0.1, -0.05) is 11.8 Å². The summed E-state index contributed by atoms with van der Waals surface area (Å²) in [7, 11) is -0.270. The molecule has 1 aliphatic rings. The average molecular weight is 596 g/mol. The predicted octanol–water partition coefficient (Wildman–Crippen LogP) is 3.25. The van der Waals surface area contributed by atoms with E-state index >= 15 is 0 Å². The van der Waals surface area contributed by atoms with Crippen molar-refractivity contribution in [3.8, 4) is 17.6 Å². The van der Waals surface area contributed by atoms with Gasteiger partial charge < -0.3 is 24.8 Å². The first kappa shape index (κ1) is 30.1. The van der Waals surface area contributed by atoms with Crippen LogP contribution < -0.4 is 15.4 Å². The number of amides is 1. The lowest BCUT2D eigenvalue weighted by Gasteiger charge is -2.32. The van der Waals surface area contributed by atoms with E-state index in [0.29, 0.717) is 18.7 Å². The van der Waals surface area contributed by atoms with Crippen molar-refractivity contribution in [3.05, 3.63) is 47.8 Å². The Morgan fingerprint density at radius 3 is 2.66 bits per heavy atom. The van der Waals surface area contributed by atoms with Crippen molar-refractivity contribution in [1.82, 2.24) is 19.8 Å². The first-order valence-electron chi connectivity index (χ1n) is 12.5. The molecule has 9 nitrogen and oxygen atoms in total. The van der Waals surface area contributed by atoms with Crippen LogP contribution in [0.5, 0.6) is 5.75 Å². The van der Waals surface area contributed by atoms with Crippen LogP contribution in [0.4, 0.5) is 23.2 Å². The summed E-state index contributed by atoms with van der Waals surface area (Å²) in [6.07, 6.45) is -3.35. The molecule has 0 spiro atoms. The minimum absolute atomic E-state index is 0.00940. The zero-order valence-corrected chi connectivity index (χ0v) is 23.4. The molecule has 1 fully saturated rings. The predicted molar refractivity (Wildman–Crippen MR) is 146 cm³/mol. The quantitative estimate of drug-likeness (QED) is 0.319. The van der Waals surface area contributed by atoms with E-state index in [1.165, 1.54) is 37.4 Å². The number of likely N-dealkylation sites (tertiary alicyclic amines) is 1. The third kappa shape index (κ3) is 7.47. The van der Waals surface area contributed by atoms with Crippen LogP contribution in [0.15, 0.2) is 41.6 Å². The number of nitrogens with zero attached hydrogens (tertiary/aromatic N) is 3. The summed E-state index contributed by atoms with van der Waals surface area (Å²) in [5, 5.41) is 5.67. The summed E-state index contributed by atoms with van der Waals surface area (Å²) in [5.41, 5.74) is 0.838. The SMILES string of the molecule is COc1cc(S(C)(=O)=O)ccc1NCC#Cc1cc(C(=O)N[C@@H]2CCN(C)C[C@H]2F)c2ncn(CC(F)(F)F)c2c1. The van der Waals surface area contributed by atoms with Gasteiger partial charge in [0.1, 0.15) is 24.0 Å². The summed E-state index contributed by atoms with van der Waals surface area (Å²) >= 11 is 0. The fraction of sp³-hybridized carbons (Fsp3) is 0.407. The summed E-state index contributed by atoms with van der Waals surface area (Å²) in [4.78, 5) is 19.1. The van der Waals surface area contributed by atoms with Crippen molar-refractivity contribution in [1.29, 1.82) is 0 Å². The second-order valence-electron chi connectivity index (χ2n) is 9.82. The molecule has 3 aromatic rings. The molecular weight excluding hydrogens is 566 g/mol. The number of imidazole rings is 1. The number of hydrogen-bond donors (Lipinski definition) is 2. The number of nitrogens with one attached hydrogen (secondary N) is 2. The van der Waals surface area contributed by atoms with Gasteiger partial charge in [-0.2, -0.15) is 13.2 Å².